The summed E-state index contributed by atoms with van der Waals surface area (Å²) in [5.41, 5.74) is 5.36. The van der Waals surface area contributed by atoms with Crippen molar-refractivity contribution in [2.45, 2.75) is 45.3 Å². The van der Waals surface area contributed by atoms with Crippen LogP contribution in [0.1, 0.15) is 42.5 Å². The van der Waals surface area contributed by atoms with Crippen LogP contribution in [-0.4, -0.2) is 26.5 Å². The fourth-order valence-corrected chi connectivity index (χ4v) is 5.84. The van der Waals surface area contributed by atoms with Crippen molar-refractivity contribution < 1.29 is 9.53 Å². The van der Waals surface area contributed by atoms with Gasteiger partial charge in [-0.3, -0.25) is 14.2 Å². The number of pyridine rings is 1. The van der Waals surface area contributed by atoms with E-state index in [1.165, 1.54) is 30.2 Å². The average Bonchev–Trinajstić information content (AvgIpc) is 3.55. The summed E-state index contributed by atoms with van der Waals surface area (Å²) in [6, 6.07) is 19.4. The number of aryl methyl sites for hydroxylation is 1. The van der Waals surface area contributed by atoms with Gasteiger partial charge in [0.1, 0.15) is 12.4 Å². The zero-order valence-electron chi connectivity index (χ0n) is 20.7. The first kappa shape index (κ1) is 22.7. The van der Waals surface area contributed by atoms with Crippen LogP contribution in [-0.2, 0) is 31.4 Å². The van der Waals surface area contributed by atoms with Gasteiger partial charge in [-0.25, -0.2) is 0 Å². The van der Waals surface area contributed by atoms with Crippen LogP contribution in [0.2, 0.25) is 0 Å². The first-order valence-electron chi connectivity index (χ1n) is 12.9. The number of fused-ring (bicyclic) bond motifs is 3. The largest absolute Gasteiger partial charge is 0.489 e. The van der Waals surface area contributed by atoms with Crippen LogP contribution in [0.4, 0.5) is 0 Å². The Hall–Kier alpha value is -3.80. The number of carbonyl (C=O) groups is 1. The fourth-order valence-electron chi connectivity index (χ4n) is 5.84. The van der Waals surface area contributed by atoms with E-state index < -0.39 is 0 Å². The van der Waals surface area contributed by atoms with Gasteiger partial charge in [0, 0.05) is 61.4 Å². The van der Waals surface area contributed by atoms with E-state index in [-0.39, 0.29) is 11.5 Å². The lowest BCUT2D eigenvalue weighted by atomic mass is 10.0. The molecular formula is C30H31N3O3. The molecule has 3 heterocycles. The van der Waals surface area contributed by atoms with E-state index in [4.69, 9.17) is 4.74 Å². The number of benzene rings is 2. The number of aromatic nitrogens is 2. The number of ether oxygens (including phenoxy) is 1. The molecule has 0 bridgehead atoms. The Kier molecular flexibility index (Phi) is 5.88. The summed E-state index contributed by atoms with van der Waals surface area (Å²) in [6.45, 7) is 1.88. The number of hydrogen-bond donors (Lipinski definition) is 0. The predicted molar refractivity (Wildman–Crippen MR) is 140 cm³/mol. The number of amides is 1. The molecule has 2 aliphatic rings. The van der Waals surface area contributed by atoms with Crippen LogP contribution < -0.4 is 10.3 Å². The summed E-state index contributed by atoms with van der Waals surface area (Å²) >= 11 is 0. The van der Waals surface area contributed by atoms with Crippen molar-refractivity contribution in [1.82, 2.24) is 14.0 Å². The average molecular weight is 482 g/mol. The van der Waals surface area contributed by atoms with Gasteiger partial charge in [0.15, 0.2) is 0 Å². The standard InChI is InChI=1S/C30H31N3O3/c1-31-27-14-15-32(30(35)22-9-5-6-10-22)19-26(27)25-12-11-23(17-28(25)31)33-16-13-24(18-29(33)34)36-20-21-7-3-2-4-8-21/h2-4,7-8,11-13,16-18,22H,5-6,9-10,14-15,19-20H2,1H3. The van der Waals surface area contributed by atoms with Crippen molar-refractivity contribution in [2.75, 3.05) is 6.54 Å². The highest BCUT2D eigenvalue weighted by atomic mass is 16.5. The van der Waals surface area contributed by atoms with Gasteiger partial charge in [-0.1, -0.05) is 49.2 Å². The summed E-state index contributed by atoms with van der Waals surface area (Å²) < 4.78 is 9.70. The second-order valence-corrected chi connectivity index (χ2v) is 10.0. The minimum atomic E-state index is -0.132. The third kappa shape index (κ3) is 4.11. The van der Waals surface area contributed by atoms with E-state index in [1.54, 1.807) is 10.8 Å². The molecule has 1 aliphatic carbocycles. The molecule has 0 atom stereocenters. The topological polar surface area (TPSA) is 56.5 Å². The number of nitrogens with zero attached hydrogens (tertiary/aromatic N) is 3. The molecule has 0 radical (unpaired) electrons. The maximum Gasteiger partial charge on any atom is 0.258 e. The van der Waals surface area contributed by atoms with Gasteiger partial charge >= 0.3 is 0 Å². The summed E-state index contributed by atoms with van der Waals surface area (Å²) in [6.07, 6.45) is 7.05. The fraction of sp³-hybridized carbons (Fsp3) is 0.333. The second kappa shape index (κ2) is 9.34. The van der Waals surface area contributed by atoms with Gasteiger partial charge in [-0.2, -0.15) is 0 Å². The first-order valence-corrected chi connectivity index (χ1v) is 12.9. The summed E-state index contributed by atoms with van der Waals surface area (Å²) in [5, 5.41) is 1.16. The molecule has 0 N–H and O–H groups in total. The molecule has 6 nitrogen and oxygen atoms in total. The number of hydrogen-bond acceptors (Lipinski definition) is 3. The van der Waals surface area contributed by atoms with Gasteiger partial charge in [-0.15, -0.1) is 0 Å². The third-order valence-corrected chi connectivity index (χ3v) is 7.82. The Labute approximate surface area is 210 Å². The molecular weight excluding hydrogens is 450 g/mol. The maximum atomic E-state index is 13.1. The van der Waals surface area contributed by atoms with Gasteiger partial charge in [0.05, 0.1) is 11.2 Å². The monoisotopic (exact) mass is 481 g/mol. The van der Waals surface area contributed by atoms with E-state index in [1.807, 2.05) is 42.5 Å². The summed E-state index contributed by atoms with van der Waals surface area (Å²) in [7, 11) is 2.09. The van der Waals surface area contributed by atoms with Crippen molar-refractivity contribution in [3.05, 3.63) is 94.0 Å². The van der Waals surface area contributed by atoms with E-state index in [0.29, 0.717) is 24.8 Å². The Morgan fingerprint density at radius 3 is 2.61 bits per heavy atom. The molecule has 2 aromatic carbocycles. The van der Waals surface area contributed by atoms with Crippen molar-refractivity contribution in [3.63, 3.8) is 0 Å². The van der Waals surface area contributed by atoms with E-state index in [0.717, 1.165) is 48.0 Å². The molecule has 1 fully saturated rings. The molecule has 184 valence electrons. The van der Waals surface area contributed by atoms with Crippen LogP contribution in [0, 0.1) is 5.92 Å². The highest BCUT2D eigenvalue weighted by molar-refractivity contribution is 5.88. The Morgan fingerprint density at radius 1 is 1.03 bits per heavy atom. The summed E-state index contributed by atoms with van der Waals surface area (Å²) in [5.74, 6) is 1.09. The molecule has 36 heavy (non-hydrogen) atoms. The molecule has 2 aromatic heterocycles. The van der Waals surface area contributed by atoms with Crippen molar-refractivity contribution in [3.8, 4) is 11.4 Å². The van der Waals surface area contributed by atoms with Crippen LogP contribution in [0.5, 0.6) is 5.75 Å². The van der Waals surface area contributed by atoms with Crippen molar-refractivity contribution in [1.29, 1.82) is 0 Å². The van der Waals surface area contributed by atoms with Gasteiger partial charge < -0.3 is 14.2 Å². The lowest BCUT2D eigenvalue weighted by molar-refractivity contribution is -0.136. The molecule has 0 spiro atoms. The predicted octanol–water partition coefficient (Wildman–Crippen LogP) is 4.98. The lowest BCUT2D eigenvalue weighted by Gasteiger charge is -2.30. The third-order valence-electron chi connectivity index (χ3n) is 7.82. The van der Waals surface area contributed by atoms with Crippen LogP contribution in [0.3, 0.4) is 0 Å². The maximum absolute atomic E-state index is 13.1. The normalized spacial score (nSPS) is 15.9. The van der Waals surface area contributed by atoms with Gasteiger partial charge in [0.2, 0.25) is 5.91 Å². The molecule has 6 rings (SSSR count). The number of carbonyl (C=O) groups excluding carboxylic acids is 1. The van der Waals surface area contributed by atoms with Crippen molar-refractivity contribution in [2.24, 2.45) is 13.0 Å². The quantitative estimate of drug-likeness (QED) is 0.404. The second-order valence-electron chi connectivity index (χ2n) is 10.0. The Balaban J connectivity index is 1.25. The molecule has 1 aliphatic heterocycles. The Morgan fingerprint density at radius 2 is 1.83 bits per heavy atom. The summed E-state index contributed by atoms with van der Waals surface area (Å²) in [4.78, 5) is 28.1. The Bertz CT molecular complexity index is 1480. The van der Waals surface area contributed by atoms with Crippen LogP contribution >= 0.6 is 0 Å². The zero-order valence-corrected chi connectivity index (χ0v) is 20.7. The molecule has 6 heteroatoms. The molecule has 1 amide bonds. The minimum Gasteiger partial charge on any atom is -0.489 e. The molecule has 0 unspecified atom stereocenters. The number of rotatable bonds is 5. The zero-order chi connectivity index (χ0) is 24.6. The SMILES string of the molecule is Cn1c2c(c3ccc(-n4ccc(OCc5ccccc5)cc4=O)cc31)CN(C(=O)C1CCCC1)CC2. The minimum absolute atomic E-state index is 0.132. The van der Waals surface area contributed by atoms with Crippen LogP contribution in [0.25, 0.3) is 16.6 Å². The van der Waals surface area contributed by atoms with E-state index >= 15 is 0 Å². The molecule has 0 saturated heterocycles. The van der Waals surface area contributed by atoms with Crippen molar-refractivity contribution >= 4 is 16.8 Å². The smallest absolute Gasteiger partial charge is 0.258 e. The lowest BCUT2D eigenvalue weighted by Crippen LogP contribution is -2.39. The highest BCUT2D eigenvalue weighted by Gasteiger charge is 2.31. The first-order chi connectivity index (χ1) is 17.6. The molecule has 4 aromatic rings. The van der Waals surface area contributed by atoms with Crippen LogP contribution in [0.15, 0.2) is 71.7 Å². The van der Waals surface area contributed by atoms with E-state index in [9.17, 15) is 9.59 Å². The van der Waals surface area contributed by atoms with Gasteiger partial charge in [-0.05, 0) is 36.6 Å². The molecule has 1 saturated carbocycles. The van der Waals surface area contributed by atoms with E-state index in [2.05, 4.69) is 28.6 Å². The highest BCUT2D eigenvalue weighted by Crippen LogP contribution is 2.34. The van der Waals surface area contributed by atoms with Gasteiger partial charge in [0.25, 0.3) is 5.56 Å².